The Morgan fingerprint density at radius 3 is 2.27 bits per heavy atom. The molecular formula is C30H46ClNO6SSi. The Balaban J connectivity index is 2.21. The van der Waals surface area contributed by atoms with Gasteiger partial charge in [0.1, 0.15) is 17.1 Å². The number of benzene rings is 2. The lowest BCUT2D eigenvalue weighted by Crippen LogP contribution is -2.50. The third-order valence-electron chi connectivity index (χ3n) is 6.78. The number of rotatable bonds is 12. The summed E-state index contributed by atoms with van der Waals surface area (Å²) in [5.41, 5.74) is -0.554. The van der Waals surface area contributed by atoms with Crippen LogP contribution in [0.25, 0.3) is 0 Å². The quantitative estimate of drug-likeness (QED) is 0.185. The molecule has 1 amide bonds. The molecule has 0 saturated heterocycles. The molecule has 0 heterocycles. The molecule has 0 aliphatic rings. The molecule has 0 spiro atoms. The SMILES string of the molecule is COCOc1ccc(O[Si](C)(C)C(C)(C)C)cc1Sc1ccc(CCC(C)(CO)NC(=O)OC(C)(C)C)c(Cl)c1. The Kier molecular flexibility index (Phi) is 11.9. The molecule has 10 heteroatoms. The van der Waals surface area contributed by atoms with Crippen LogP contribution in [0.4, 0.5) is 4.79 Å². The van der Waals surface area contributed by atoms with Crippen molar-refractivity contribution >= 4 is 37.8 Å². The average Bonchev–Trinajstić information content (AvgIpc) is 2.81. The summed E-state index contributed by atoms with van der Waals surface area (Å²) in [5.74, 6) is 1.50. The molecule has 0 bridgehead atoms. The maximum Gasteiger partial charge on any atom is 0.408 e. The highest BCUT2D eigenvalue weighted by molar-refractivity contribution is 7.99. The van der Waals surface area contributed by atoms with Gasteiger partial charge in [-0.3, -0.25) is 0 Å². The second kappa shape index (κ2) is 13.8. The number of aryl methyl sites for hydroxylation is 1. The minimum Gasteiger partial charge on any atom is -0.543 e. The van der Waals surface area contributed by atoms with E-state index in [9.17, 15) is 9.90 Å². The molecule has 0 aromatic heterocycles. The smallest absolute Gasteiger partial charge is 0.408 e. The monoisotopic (exact) mass is 611 g/mol. The van der Waals surface area contributed by atoms with E-state index in [0.717, 1.165) is 21.1 Å². The molecule has 1 atom stereocenters. The summed E-state index contributed by atoms with van der Waals surface area (Å²) in [7, 11) is -0.430. The summed E-state index contributed by atoms with van der Waals surface area (Å²) >= 11 is 8.23. The number of alkyl carbamates (subject to hydrolysis) is 1. The summed E-state index contributed by atoms with van der Waals surface area (Å²) < 4.78 is 22.8. The fourth-order valence-corrected chi connectivity index (χ4v) is 5.72. The molecule has 1 unspecified atom stereocenters. The number of aliphatic hydroxyl groups is 1. The minimum absolute atomic E-state index is 0.0728. The van der Waals surface area contributed by atoms with Crippen LogP contribution in [0.1, 0.15) is 60.5 Å². The van der Waals surface area contributed by atoms with Gasteiger partial charge >= 0.3 is 6.09 Å². The van der Waals surface area contributed by atoms with Crippen molar-refractivity contribution in [3.8, 4) is 11.5 Å². The van der Waals surface area contributed by atoms with Crippen molar-refractivity contribution in [2.24, 2.45) is 0 Å². The van der Waals surface area contributed by atoms with Crippen molar-refractivity contribution in [1.82, 2.24) is 5.32 Å². The summed E-state index contributed by atoms with van der Waals surface area (Å²) in [6.07, 6.45) is 0.485. The Bertz CT molecular complexity index is 1150. The molecule has 2 aromatic carbocycles. The first-order valence-electron chi connectivity index (χ1n) is 13.4. The van der Waals surface area contributed by atoms with Crippen LogP contribution >= 0.6 is 23.4 Å². The minimum atomic E-state index is -2.02. The van der Waals surface area contributed by atoms with Crippen LogP contribution in [0.2, 0.25) is 23.2 Å². The van der Waals surface area contributed by atoms with Gasteiger partial charge in [0.2, 0.25) is 8.32 Å². The Morgan fingerprint density at radius 2 is 1.73 bits per heavy atom. The lowest BCUT2D eigenvalue weighted by molar-refractivity contribution is 0.0406. The highest BCUT2D eigenvalue weighted by atomic mass is 35.5. The van der Waals surface area contributed by atoms with Crippen molar-refractivity contribution in [3.05, 3.63) is 47.0 Å². The zero-order valence-electron chi connectivity index (χ0n) is 25.6. The van der Waals surface area contributed by atoms with Gasteiger partial charge in [0.05, 0.1) is 17.0 Å². The van der Waals surface area contributed by atoms with Gasteiger partial charge in [0, 0.05) is 17.0 Å². The zero-order valence-corrected chi connectivity index (χ0v) is 28.1. The number of halogens is 1. The molecule has 0 radical (unpaired) electrons. The lowest BCUT2D eigenvalue weighted by Gasteiger charge is -2.36. The molecule has 0 fully saturated rings. The highest BCUT2D eigenvalue weighted by Gasteiger charge is 2.39. The molecule has 0 aliphatic carbocycles. The second-order valence-electron chi connectivity index (χ2n) is 12.7. The topological polar surface area (TPSA) is 86.3 Å². The van der Waals surface area contributed by atoms with Crippen LogP contribution in [0.3, 0.4) is 0 Å². The van der Waals surface area contributed by atoms with E-state index in [0.29, 0.717) is 23.6 Å². The summed E-state index contributed by atoms with van der Waals surface area (Å²) in [4.78, 5) is 14.1. The summed E-state index contributed by atoms with van der Waals surface area (Å²) in [5, 5.41) is 13.5. The average molecular weight is 612 g/mol. The Morgan fingerprint density at radius 1 is 1.05 bits per heavy atom. The first kappa shape index (κ1) is 34.3. The van der Waals surface area contributed by atoms with E-state index in [1.54, 1.807) is 34.8 Å². The molecule has 40 heavy (non-hydrogen) atoms. The fraction of sp³-hybridized carbons (Fsp3) is 0.567. The van der Waals surface area contributed by atoms with E-state index in [2.05, 4.69) is 39.2 Å². The fourth-order valence-electron chi connectivity index (χ4n) is 3.38. The molecule has 7 nitrogen and oxygen atoms in total. The molecule has 2 N–H and O–H groups in total. The van der Waals surface area contributed by atoms with Gasteiger partial charge in [-0.15, -0.1) is 0 Å². The number of amides is 1. The standard InChI is InChI=1S/C30H46ClNO6SSi/c1-28(2,3)37-27(34)32-30(7,19-33)16-15-21-11-13-23(18-24(21)31)39-26-17-22(12-14-25(26)36-20-35-8)38-40(9,10)29(4,5)6/h11-14,17-18,33H,15-16,19-20H2,1-10H3,(H,32,34). The van der Waals surface area contributed by atoms with E-state index in [1.165, 1.54) is 11.8 Å². The van der Waals surface area contributed by atoms with Gasteiger partial charge in [-0.1, -0.05) is 50.2 Å². The van der Waals surface area contributed by atoms with Crippen LogP contribution in [0.5, 0.6) is 11.5 Å². The molecule has 2 rings (SSSR count). The van der Waals surface area contributed by atoms with Crippen molar-refractivity contribution in [2.45, 2.75) is 100 Å². The van der Waals surface area contributed by atoms with E-state index < -0.39 is 25.6 Å². The van der Waals surface area contributed by atoms with Gasteiger partial charge in [-0.25, -0.2) is 4.79 Å². The first-order chi connectivity index (χ1) is 18.4. The van der Waals surface area contributed by atoms with Gasteiger partial charge in [0.15, 0.2) is 6.79 Å². The molecule has 0 saturated carbocycles. The van der Waals surface area contributed by atoms with Crippen molar-refractivity contribution < 1.29 is 28.5 Å². The maximum atomic E-state index is 12.3. The number of aliphatic hydroxyl groups excluding tert-OH is 1. The van der Waals surface area contributed by atoms with Crippen LogP contribution in [0, 0.1) is 0 Å². The van der Waals surface area contributed by atoms with Gasteiger partial charge in [0.25, 0.3) is 0 Å². The number of hydrogen-bond donors (Lipinski definition) is 2. The molecule has 0 aliphatic heterocycles. The van der Waals surface area contributed by atoms with Crippen molar-refractivity contribution in [3.63, 3.8) is 0 Å². The normalized spacial score (nSPS) is 13.9. The van der Waals surface area contributed by atoms with Gasteiger partial charge in [-0.2, -0.15) is 0 Å². The van der Waals surface area contributed by atoms with E-state index >= 15 is 0 Å². The third kappa shape index (κ3) is 10.5. The van der Waals surface area contributed by atoms with Crippen molar-refractivity contribution in [2.75, 3.05) is 20.5 Å². The van der Waals surface area contributed by atoms with E-state index in [4.69, 9.17) is 30.2 Å². The zero-order chi connectivity index (χ0) is 30.4. The predicted octanol–water partition coefficient (Wildman–Crippen LogP) is 8.07. The highest BCUT2D eigenvalue weighted by Crippen LogP contribution is 2.42. The largest absolute Gasteiger partial charge is 0.543 e. The molecule has 2 aromatic rings. The summed E-state index contributed by atoms with van der Waals surface area (Å²) in [6, 6.07) is 11.8. The number of methoxy groups -OCH3 is 1. The van der Waals surface area contributed by atoms with E-state index in [1.807, 2.05) is 36.4 Å². The first-order valence-corrected chi connectivity index (χ1v) is 17.5. The number of nitrogens with one attached hydrogen (secondary N) is 1. The number of carbonyl (C=O) groups is 1. The number of carbonyl (C=O) groups excluding carboxylic acids is 1. The second-order valence-corrected chi connectivity index (χ2v) is 19.0. The predicted molar refractivity (Wildman–Crippen MR) is 166 cm³/mol. The van der Waals surface area contributed by atoms with Gasteiger partial charge < -0.3 is 29.1 Å². The Hall–Kier alpha value is -1.91. The summed E-state index contributed by atoms with van der Waals surface area (Å²) in [6.45, 7) is 18.2. The van der Waals surface area contributed by atoms with Gasteiger partial charge in [-0.05, 0) is 94.6 Å². The Labute approximate surface area is 250 Å². The third-order valence-corrected chi connectivity index (χ3v) is 12.5. The number of hydrogen-bond acceptors (Lipinski definition) is 7. The van der Waals surface area contributed by atoms with E-state index in [-0.39, 0.29) is 18.4 Å². The van der Waals surface area contributed by atoms with Crippen LogP contribution in [0.15, 0.2) is 46.2 Å². The molecule has 224 valence electrons. The molecular weight excluding hydrogens is 566 g/mol. The van der Waals surface area contributed by atoms with Crippen molar-refractivity contribution in [1.29, 1.82) is 0 Å². The van der Waals surface area contributed by atoms with Crippen LogP contribution < -0.4 is 14.5 Å². The lowest BCUT2D eigenvalue weighted by atomic mass is 9.94. The number of ether oxygens (including phenoxy) is 3. The maximum absolute atomic E-state index is 12.3. The van der Waals surface area contributed by atoms with Crippen LogP contribution in [-0.4, -0.2) is 51.2 Å². The van der Waals surface area contributed by atoms with Crippen LogP contribution in [-0.2, 0) is 15.9 Å².